The third-order valence-electron chi connectivity index (χ3n) is 4.81. The smallest absolute Gasteiger partial charge is 0.113 e. The third kappa shape index (κ3) is 1.91. The molecule has 2 atom stereocenters. The maximum atomic E-state index is 4.64. The molecule has 0 bridgehead atoms. The summed E-state index contributed by atoms with van der Waals surface area (Å²) < 4.78 is 0. The molecule has 1 saturated carbocycles. The van der Waals surface area contributed by atoms with Crippen LogP contribution in [-0.2, 0) is 5.54 Å². The summed E-state index contributed by atoms with van der Waals surface area (Å²) in [6.45, 7) is 2.58. The van der Waals surface area contributed by atoms with Crippen molar-refractivity contribution in [2.24, 2.45) is 0 Å². The summed E-state index contributed by atoms with van der Waals surface area (Å²) in [5.41, 5.74) is 0.195. The first-order valence-electron chi connectivity index (χ1n) is 7.27. The van der Waals surface area contributed by atoms with Gasteiger partial charge >= 0.3 is 0 Å². The van der Waals surface area contributed by atoms with Crippen LogP contribution in [0, 0.1) is 0 Å². The molecule has 0 amide bonds. The van der Waals surface area contributed by atoms with Crippen LogP contribution in [0.15, 0.2) is 11.6 Å². The van der Waals surface area contributed by atoms with Gasteiger partial charge in [0.05, 0.1) is 5.54 Å². The summed E-state index contributed by atoms with van der Waals surface area (Å²) in [6, 6.07) is 1.57. The number of nitrogens with zero attached hydrogens (tertiary/aromatic N) is 2. The molecule has 1 aliphatic carbocycles. The zero-order chi connectivity index (χ0) is 12.0. The lowest BCUT2D eigenvalue weighted by atomic mass is 9.83. The highest BCUT2D eigenvalue weighted by molar-refractivity contribution is 7.09. The van der Waals surface area contributed by atoms with Crippen LogP contribution in [0.5, 0.6) is 0 Å². The predicted molar refractivity (Wildman–Crippen MR) is 73.8 cm³/mol. The molecule has 4 heteroatoms. The second kappa shape index (κ2) is 4.29. The molecule has 2 saturated heterocycles. The minimum Gasteiger partial charge on any atom is -0.303 e. The normalized spacial score (nSPS) is 36.8. The van der Waals surface area contributed by atoms with Crippen LogP contribution in [0.4, 0.5) is 0 Å². The number of hydrogen-bond acceptors (Lipinski definition) is 4. The van der Waals surface area contributed by atoms with E-state index in [4.69, 9.17) is 0 Å². The van der Waals surface area contributed by atoms with Crippen LogP contribution in [0.1, 0.15) is 43.5 Å². The number of fused-ring (bicyclic) bond motifs is 1. The largest absolute Gasteiger partial charge is 0.303 e. The second-order valence-electron chi connectivity index (χ2n) is 6.12. The number of aromatic nitrogens is 1. The van der Waals surface area contributed by atoms with Crippen molar-refractivity contribution in [3.8, 4) is 0 Å². The maximum absolute atomic E-state index is 4.64. The van der Waals surface area contributed by atoms with E-state index in [1.165, 1.54) is 56.6 Å². The lowest BCUT2D eigenvalue weighted by molar-refractivity contribution is 0.103. The van der Waals surface area contributed by atoms with Gasteiger partial charge < -0.3 is 10.2 Å². The number of thiazole rings is 1. The minimum atomic E-state index is 0.195. The molecule has 0 aromatic carbocycles. The number of rotatable bonds is 3. The average molecular weight is 263 g/mol. The molecule has 98 valence electrons. The minimum absolute atomic E-state index is 0.195. The molecule has 3 nitrogen and oxygen atoms in total. The van der Waals surface area contributed by atoms with Crippen LogP contribution in [0.25, 0.3) is 0 Å². The van der Waals surface area contributed by atoms with Crippen molar-refractivity contribution in [1.82, 2.24) is 15.2 Å². The van der Waals surface area contributed by atoms with Crippen molar-refractivity contribution < 1.29 is 0 Å². The van der Waals surface area contributed by atoms with Crippen LogP contribution in [0.3, 0.4) is 0 Å². The highest BCUT2D eigenvalue weighted by Gasteiger charge is 2.46. The Morgan fingerprint density at radius 2 is 2.28 bits per heavy atom. The van der Waals surface area contributed by atoms with Gasteiger partial charge in [-0.05, 0) is 45.1 Å². The van der Waals surface area contributed by atoms with Gasteiger partial charge in [0.25, 0.3) is 0 Å². The summed E-state index contributed by atoms with van der Waals surface area (Å²) >= 11 is 1.84. The first-order chi connectivity index (χ1) is 8.86. The standard InChI is InChI=1S/C14H21N3S/c1-2-12-10-14(16-11-3-4-11,5-8-17(12)7-1)13-15-6-9-18-13/h6,9,11-12,16H,1-5,7-8,10H2. The Bertz CT molecular complexity index is 415. The molecule has 18 heavy (non-hydrogen) atoms. The van der Waals surface area contributed by atoms with E-state index in [1.54, 1.807) is 0 Å². The first-order valence-corrected chi connectivity index (χ1v) is 8.15. The van der Waals surface area contributed by atoms with Crippen LogP contribution >= 0.6 is 11.3 Å². The van der Waals surface area contributed by atoms with E-state index in [9.17, 15) is 0 Å². The second-order valence-corrected chi connectivity index (χ2v) is 7.02. The van der Waals surface area contributed by atoms with Gasteiger partial charge in [0.1, 0.15) is 5.01 Å². The molecule has 1 aromatic heterocycles. The molecule has 3 fully saturated rings. The average Bonchev–Trinajstić information content (AvgIpc) is 2.89. The fourth-order valence-electron chi connectivity index (χ4n) is 3.72. The molecule has 1 aromatic rings. The van der Waals surface area contributed by atoms with Gasteiger partial charge in [0.15, 0.2) is 0 Å². The number of hydrogen-bond donors (Lipinski definition) is 1. The highest BCUT2D eigenvalue weighted by atomic mass is 32.1. The summed E-state index contributed by atoms with van der Waals surface area (Å²) in [5, 5.41) is 7.41. The Balaban J connectivity index is 1.62. The molecule has 1 N–H and O–H groups in total. The van der Waals surface area contributed by atoms with Gasteiger partial charge in [-0.2, -0.15) is 0 Å². The van der Waals surface area contributed by atoms with Crippen LogP contribution in [0.2, 0.25) is 0 Å². The zero-order valence-corrected chi connectivity index (χ0v) is 11.6. The van der Waals surface area contributed by atoms with Crippen molar-refractivity contribution in [3.05, 3.63) is 16.6 Å². The molecular weight excluding hydrogens is 242 g/mol. The molecule has 2 aliphatic heterocycles. The molecule has 3 aliphatic rings. The van der Waals surface area contributed by atoms with Gasteiger partial charge in [0.2, 0.25) is 0 Å². The van der Waals surface area contributed by atoms with E-state index in [1.807, 2.05) is 17.5 Å². The molecule has 3 heterocycles. The third-order valence-corrected chi connectivity index (χ3v) is 5.79. The quantitative estimate of drug-likeness (QED) is 0.907. The molecule has 4 rings (SSSR count). The highest BCUT2D eigenvalue weighted by Crippen LogP contribution is 2.42. The Kier molecular flexibility index (Phi) is 2.71. The van der Waals surface area contributed by atoms with Gasteiger partial charge in [-0.25, -0.2) is 4.98 Å². The fourth-order valence-corrected chi connectivity index (χ4v) is 4.57. The zero-order valence-electron chi connectivity index (χ0n) is 10.8. The fraction of sp³-hybridized carbons (Fsp3) is 0.786. The molecule has 0 radical (unpaired) electrons. The Hall–Kier alpha value is -0.450. The van der Waals surface area contributed by atoms with Gasteiger partial charge in [0, 0.05) is 30.2 Å². The van der Waals surface area contributed by atoms with E-state index < -0.39 is 0 Å². The summed E-state index contributed by atoms with van der Waals surface area (Å²) in [6.07, 6.45) is 9.99. The summed E-state index contributed by atoms with van der Waals surface area (Å²) in [4.78, 5) is 7.34. The van der Waals surface area contributed by atoms with E-state index >= 15 is 0 Å². The van der Waals surface area contributed by atoms with Gasteiger partial charge in [-0.3, -0.25) is 0 Å². The summed E-state index contributed by atoms with van der Waals surface area (Å²) in [5.74, 6) is 0. The molecular formula is C14H21N3S. The van der Waals surface area contributed by atoms with E-state index in [0.29, 0.717) is 0 Å². The number of nitrogens with one attached hydrogen (secondary N) is 1. The van der Waals surface area contributed by atoms with E-state index in [-0.39, 0.29) is 5.54 Å². The SMILES string of the molecule is c1csc(C2(NC3CC3)CCN3CCCC3C2)n1. The van der Waals surface area contributed by atoms with E-state index in [0.717, 1.165) is 12.1 Å². The van der Waals surface area contributed by atoms with Crippen molar-refractivity contribution in [1.29, 1.82) is 0 Å². The Morgan fingerprint density at radius 3 is 3.06 bits per heavy atom. The topological polar surface area (TPSA) is 28.2 Å². The lowest BCUT2D eigenvalue weighted by Gasteiger charge is -2.44. The Labute approximate surface area is 113 Å². The van der Waals surface area contributed by atoms with Crippen molar-refractivity contribution >= 4 is 11.3 Å². The number of piperidine rings is 1. The Morgan fingerprint density at radius 1 is 1.33 bits per heavy atom. The first kappa shape index (κ1) is 11.4. The van der Waals surface area contributed by atoms with Crippen molar-refractivity contribution in [3.63, 3.8) is 0 Å². The van der Waals surface area contributed by atoms with Crippen molar-refractivity contribution in [2.45, 2.75) is 56.1 Å². The summed E-state index contributed by atoms with van der Waals surface area (Å²) in [7, 11) is 0. The van der Waals surface area contributed by atoms with Crippen LogP contribution < -0.4 is 5.32 Å². The molecule has 2 unspecified atom stereocenters. The molecule has 0 spiro atoms. The van der Waals surface area contributed by atoms with Gasteiger partial charge in [-0.15, -0.1) is 11.3 Å². The van der Waals surface area contributed by atoms with Crippen molar-refractivity contribution in [2.75, 3.05) is 13.1 Å². The maximum Gasteiger partial charge on any atom is 0.113 e. The monoisotopic (exact) mass is 263 g/mol. The van der Waals surface area contributed by atoms with Gasteiger partial charge in [-0.1, -0.05) is 0 Å². The van der Waals surface area contributed by atoms with Crippen LogP contribution in [-0.4, -0.2) is 35.1 Å². The lowest BCUT2D eigenvalue weighted by Crippen LogP contribution is -2.54. The van der Waals surface area contributed by atoms with E-state index in [2.05, 4.69) is 20.6 Å². The predicted octanol–water partition coefficient (Wildman–Crippen LogP) is 2.35.